The van der Waals surface area contributed by atoms with E-state index < -0.39 is 0 Å². The molecule has 2 aromatic carbocycles. The van der Waals surface area contributed by atoms with E-state index in [1.165, 1.54) is 6.33 Å². The maximum absolute atomic E-state index is 5.70. The molecule has 0 spiro atoms. The first-order chi connectivity index (χ1) is 10.5. The highest BCUT2D eigenvalue weighted by molar-refractivity contribution is 9.10. The lowest BCUT2D eigenvalue weighted by Gasteiger charge is -2.03. The van der Waals surface area contributed by atoms with Crippen LogP contribution < -0.4 is 11.5 Å². The van der Waals surface area contributed by atoms with Crippen molar-refractivity contribution in [3.8, 4) is 5.69 Å². The lowest BCUT2D eigenvalue weighted by Crippen LogP contribution is -1.96. The second-order valence-corrected chi connectivity index (χ2v) is 5.80. The van der Waals surface area contributed by atoms with Crippen molar-refractivity contribution in [1.82, 2.24) is 14.8 Å². The third-order valence-corrected chi connectivity index (χ3v) is 3.66. The fourth-order valence-electron chi connectivity index (χ4n) is 1.78. The maximum Gasteiger partial charge on any atom is 0.138 e. The van der Waals surface area contributed by atoms with Crippen molar-refractivity contribution in [3.63, 3.8) is 0 Å². The monoisotopic (exact) mass is 359 g/mol. The molecule has 0 atom stereocenters. The molecule has 1 aromatic heterocycles. The first-order valence-electron chi connectivity index (χ1n) is 6.70. The molecule has 114 valence electrons. The first-order valence-corrected chi connectivity index (χ1v) is 7.49. The summed E-state index contributed by atoms with van der Waals surface area (Å²) in [5.74, 6) is 0. The Hall–Kier alpha value is -2.34. The zero-order valence-electron chi connectivity index (χ0n) is 12.5. The van der Waals surface area contributed by atoms with Gasteiger partial charge in [0.2, 0.25) is 0 Å². The Kier molecular flexibility index (Phi) is 5.16. The smallest absolute Gasteiger partial charge is 0.138 e. The van der Waals surface area contributed by atoms with E-state index >= 15 is 0 Å². The van der Waals surface area contributed by atoms with Crippen LogP contribution in [0, 0.1) is 13.8 Å². The van der Waals surface area contributed by atoms with Gasteiger partial charge in [0.05, 0.1) is 5.69 Å². The average Bonchev–Trinajstić information content (AvgIpc) is 3.01. The Labute approximate surface area is 138 Å². The molecule has 0 saturated heterocycles. The molecular formula is C16H18BrN5. The van der Waals surface area contributed by atoms with Gasteiger partial charge in [-0.15, -0.1) is 0 Å². The van der Waals surface area contributed by atoms with Crippen LogP contribution in [0.3, 0.4) is 0 Å². The lowest BCUT2D eigenvalue weighted by molar-refractivity contribution is 0.878. The fraction of sp³-hybridized carbons (Fsp3) is 0.125. The summed E-state index contributed by atoms with van der Waals surface area (Å²) < 4.78 is 2.78. The molecule has 22 heavy (non-hydrogen) atoms. The van der Waals surface area contributed by atoms with Gasteiger partial charge < -0.3 is 11.5 Å². The molecule has 6 heteroatoms. The Morgan fingerprint density at radius 1 is 0.955 bits per heavy atom. The van der Waals surface area contributed by atoms with Crippen LogP contribution in [0.2, 0.25) is 0 Å². The average molecular weight is 360 g/mol. The number of nitrogen functional groups attached to an aromatic ring is 2. The molecule has 0 saturated carbocycles. The highest BCUT2D eigenvalue weighted by Crippen LogP contribution is 2.16. The minimum Gasteiger partial charge on any atom is -0.399 e. The largest absolute Gasteiger partial charge is 0.399 e. The molecule has 1 heterocycles. The number of nitrogens with two attached hydrogens (primary N) is 2. The van der Waals surface area contributed by atoms with Crippen molar-refractivity contribution in [1.29, 1.82) is 0 Å². The summed E-state index contributed by atoms with van der Waals surface area (Å²) in [6.07, 6.45) is 3.16. The number of aromatic nitrogens is 3. The number of nitrogens with zero attached hydrogens (tertiary/aromatic N) is 3. The number of rotatable bonds is 1. The normalized spacial score (nSPS) is 9.95. The van der Waals surface area contributed by atoms with Gasteiger partial charge >= 0.3 is 0 Å². The van der Waals surface area contributed by atoms with Gasteiger partial charge in [-0.2, -0.15) is 5.10 Å². The Morgan fingerprint density at radius 3 is 2.09 bits per heavy atom. The van der Waals surface area contributed by atoms with Crippen LogP contribution >= 0.6 is 15.9 Å². The number of aryl methyl sites for hydroxylation is 2. The Balaban J connectivity index is 0.000000172. The van der Waals surface area contributed by atoms with Crippen LogP contribution in [0.4, 0.5) is 11.4 Å². The molecule has 0 aliphatic carbocycles. The molecule has 0 aliphatic heterocycles. The first kappa shape index (κ1) is 16.0. The van der Waals surface area contributed by atoms with E-state index in [1.54, 1.807) is 11.0 Å². The third kappa shape index (κ3) is 4.08. The van der Waals surface area contributed by atoms with E-state index in [0.29, 0.717) is 0 Å². The topological polar surface area (TPSA) is 82.8 Å². The zero-order chi connectivity index (χ0) is 16.1. The standard InChI is InChI=1S/C9H10N4.C7H8BrN/c1-7-4-8(2-3-9(7)10)13-6-11-5-12-13;1-5-4-6(8)2-3-7(5)9/h2-6H,10H2,1H3;2-4H,9H2,1H3. The zero-order valence-corrected chi connectivity index (χ0v) is 14.1. The van der Waals surface area contributed by atoms with E-state index in [-0.39, 0.29) is 0 Å². The summed E-state index contributed by atoms with van der Waals surface area (Å²) in [6, 6.07) is 11.6. The molecular weight excluding hydrogens is 342 g/mol. The summed E-state index contributed by atoms with van der Waals surface area (Å²) in [5.41, 5.74) is 16.0. The van der Waals surface area contributed by atoms with E-state index in [4.69, 9.17) is 11.5 Å². The van der Waals surface area contributed by atoms with Crippen molar-refractivity contribution in [2.75, 3.05) is 11.5 Å². The van der Waals surface area contributed by atoms with Gasteiger partial charge in [0.1, 0.15) is 12.7 Å². The molecule has 0 aliphatic rings. The van der Waals surface area contributed by atoms with Gasteiger partial charge in [-0.05, 0) is 61.4 Å². The lowest BCUT2D eigenvalue weighted by atomic mass is 10.2. The van der Waals surface area contributed by atoms with E-state index in [9.17, 15) is 0 Å². The minimum atomic E-state index is 0.795. The molecule has 5 nitrogen and oxygen atoms in total. The van der Waals surface area contributed by atoms with Gasteiger partial charge in [0.25, 0.3) is 0 Å². The van der Waals surface area contributed by atoms with Gasteiger partial charge in [-0.25, -0.2) is 9.67 Å². The molecule has 4 N–H and O–H groups in total. The number of hydrogen-bond acceptors (Lipinski definition) is 4. The number of anilines is 2. The predicted octanol–water partition coefficient (Wildman–Crippen LogP) is 3.50. The summed E-state index contributed by atoms with van der Waals surface area (Å²) in [6.45, 7) is 3.95. The van der Waals surface area contributed by atoms with E-state index in [0.717, 1.165) is 32.7 Å². The number of hydrogen-bond donors (Lipinski definition) is 2. The van der Waals surface area contributed by atoms with Crippen molar-refractivity contribution in [3.05, 3.63) is 64.7 Å². The van der Waals surface area contributed by atoms with Gasteiger partial charge in [-0.1, -0.05) is 15.9 Å². The predicted molar refractivity (Wildman–Crippen MR) is 93.8 cm³/mol. The van der Waals surface area contributed by atoms with E-state index in [1.807, 2.05) is 50.2 Å². The summed E-state index contributed by atoms with van der Waals surface area (Å²) >= 11 is 3.34. The quantitative estimate of drug-likeness (QED) is 0.651. The molecule has 0 fully saturated rings. The SMILES string of the molecule is Cc1cc(-n2cncn2)ccc1N.Cc1cc(Br)ccc1N. The van der Waals surface area contributed by atoms with Crippen molar-refractivity contribution in [2.45, 2.75) is 13.8 Å². The number of halogens is 1. The minimum absolute atomic E-state index is 0.795. The Morgan fingerprint density at radius 2 is 1.59 bits per heavy atom. The molecule has 0 unspecified atom stereocenters. The maximum atomic E-state index is 5.70. The van der Waals surface area contributed by atoms with Crippen LogP contribution in [-0.4, -0.2) is 14.8 Å². The summed E-state index contributed by atoms with van der Waals surface area (Å²) in [5, 5.41) is 4.02. The van der Waals surface area contributed by atoms with Crippen molar-refractivity contribution < 1.29 is 0 Å². The van der Waals surface area contributed by atoms with Crippen molar-refractivity contribution >= 4 is 27.3 Å². The molecule has 0 bridgehead atoms. The highest BCUT2D eigenvalue weighted by atomic mass is 79.9. The van der Waals surface area contributed by atoms with Crippen LogP contribution in [0.1, 0.15) is 11.1 Å². The summed E-state index contributed by atoms with van der Waals surface area (Å²) in [4.78, 5) is 3.87. The second kappa shape index (κ2) is 7.09. The fourth-order valence-corrected chi connectivity index (χ4v) is 2.26. The van der Waals surface area contributed by atoms with Gasteiger partial charge in [-0.3, -0.25) is 0 Å². The molecule has 3 aromatic rings. The van der Waals surface area contributed by atoms with Crippen molar-refractivity contribution in [2.24, 2.45) is 0 Å². The highest BCUT2D eigenvalue weighted by Gasteiger charge is 1.98. The van der Waals surface area contributed by atoms with Crippen LogP contribution in [0.5, 0.6) is 0 Å². The van der Waals surface area contributed by atoms with Gasteiger partial charge in [0.15, 0.2) is 0 Å². The van der Waals surface area contributed by atoms with Crippen LogP contribution in [0.15, 0.2) is 53.5 Å². The van der Waals surface area contributed by atoms with Gasteiger partial charge in [0, 0.05) is 15.8 Å². The van der Waals surface area contributed by atoms with Crippen LogP contribution in [0.25, 0.3) is 5.69 Å². The molecule has 0 radical (unpaired) electrons. The third-order valence-electron chi connectivity index (χ3n) is 3.17. The summed E-state index contributed by atoms with van der Waals surface area (Å²) in [7, 11) is 0. The molecule has 3 rings (SSSR count). The second-order valence-electron chi connectivity index (χ2n) is 4.88. The number of benzene rings is 2. The Bertz CT molecular complexity index is 753. The molecule has 0 amide bonds. The van der Waals surface area contributed by atoms with Crippen LogP contribution in [-0.2, 0) is 0 Å². The van der Waals surface area contributed by atoms with E-state index in [2.05, 4.69) is 26.0 Å².